The van der Waals surface area contributed by atoms with Crippen molar-refractivity contribution < 1.29 is 0 Å². The van der Waals surface area contributed by atoms with Crippen LogP contribution in [-0.4, -0.2) is 4.98 Å². The number of hydrogen-bond donors (Lipinski definition) is 1. The molecule has 1 heterocycles. The van der Waals surface area contributed by atoms with Gasteiger partial charge in [-0.1, -0.05) is 30.3 Å². The summed E-state index contributed by atoms with van der Waals surface area (Å²) in [5.41, 5.74) is 6.61. The van der Waals surface area contributed by atoms with Crippen LogP contribution in [0.5, 0.6) is 0 Å². The SMILES string of the molecule is Nc1ccc2c(ccc3ccccc32)n1. The van der Waals surface area contributed by atoms with E-state index in [-0.39, 0.29) is 0 Å². The van der Waals surface area contributed by atoms with Crippen molar-refractivity contribution in [3.63, 3.8) is 0 Å². The summed E-state index contributed by atoms with van der Waals surface area (Å²) in [5, 5.41) is 3.61. The average molecular weight is 194 g/mol. The number of pyridine rings is 1. The number of fused-ring (bicyclic) bond motifs is 3. The maximum absolute atomic E-state index is 5.66. The molecule has 0 saturated heterocycles. The lowest BCUT2D eigenvalue weighted by atomic mass is 10.1. The molecule has 2 nitrogen and oxygen atoms in total. The van der Waals surface area contributed by atoms with E-state index in [2.05, 4.69) is 23.2 Å². The Morgan fingerprint density at radius 3 is 2.60 bits per heavy atom. The van der Waals surface area contributed by atoms with E-state index in [4.69, 9.17) is 5.73 Å². The molecule has 0 atom stereocenters. The molecule has 2 heteroatoms. The Labute approximate surface area is 87.4 Å². The Kier molecular flexibility index (Phi) is 1.62. The molecule has 0 unspecified atom stereocenters. The molecule has 0 radical (unpaired) electrons. The van der Waals surface area contributed by atoms with E-state index < -0.39 is 0 Å². The van der Waals surface area contributed by atoms with Gasteiger partial charge in [0.25, 0.3) is 0 Å². The van der Waals surface area contributed by atoms with Gasteiger partial charge in [0.2, 0.25) is 0 Å². The topological polar surface area (TPSA) is 38.9 Å². The van der Waals surface area contributed by atoms with Gasteiger partial charge >= 0.3 is 0 Å². The summed E-state index contributed by atoms with van der Waals surface area (Å²) >= 11 is 0. The standard InChI is InChI=1S/C13H10N2/c14-13-8-6-11-10-4-2-1-3-9(10)5-7-12(11)15-13/h1-8H,(H2,14,15). The van der Waals surface area contributed by atoms with Gasteiger partial charge in [0, 0.05) is 5.39 Å². The van der Waals surface area contributed by atoms with Gasteiger partial charge in [-0.25, -0.2) is 4.98 Å². The van der Waals surface area contributed by atoms with E-state index in [0.29, 0.717) is 5.82 Å². The Bertz CT molecular complexity index is 644. The van der Waals surface area contributed by atoms with Crippen molar-refractivity contribution in [3.05, 3.63) is 48.5 Å². The summed E-state index contributed by atoms with van der Waals surface area (Å²) in [5.74, 6) is 0.567. The first kappa shape index (κ1) is 8.24. The Balaban J connectivity index is 2.55. The molecule has 72 valence electrons. The average Bonchev–Trinajstić information content (AvgIpc) is 2.28. The number of hydrogen-bond acceptors (Lipinski definition) is 2. The number of nitrogen functional groups attached to an aromatic ring is 1. The van der Waals surface area contributed by atoms with Crippen molar-refractivity contribution in [2.24, 2.45) is 0 Å². The van der Waals surface area contributed by atoms with Crippen LogP contribution in [0.3, 0.4) is 0 Å². The molecule has 0 aliphatic rings. The third kappa shape index (κ3) is 1.22. The van der Waals surface area contributed by atoms with Gasteiger partial charge < -0.3 is 5.73 Å². The minimum absolute atomic E-state index is 0.567. The van der Waals surface area contributed by atoms with Crippen LogP contribution in [0.4, 0.5) is 5.82 Å². The smallest absolute Gasteiger partial charge is 0.124 e. The van der Waals surface area contributed by atoms with E-state index in [1.54, 1.807) is 0 Å². The molecule has 15 heavy (non-hydrogen) atoms. The van der Waals surface area contributed by atoms with E-state index in [1.807, 2.05) is 30.3 Å². The fraction of sp³-hybridized carbons (Fsp3) is 0. The van der Waals surface area contributed by atoms with Crippen molar-refractivity contribution in [1.82, 2.24) is 4.98 Å². The van der Waals surface area contributed by atoms with E-state index in [0.717, 1.165) is 10.9 Å². The van der Waals surface area contributed by atoms with Crippen LogP contribution >= 0.6 is 0 Å². The van der Waals surface area contributed by atoms with Crippen LogP contribution in [-0.2, 0) is 0 Å². The van der Waals surface area contributed by atoms with Crippen molar-refractivity contribution in [1.29, 1.82) is 0 Å². The lowest BCUT2D eigenvalue weighted by Gasteiger charge is -2.03. The quantitative estimate of drug-likeness (QED) is 0.559. The van der Waals surface area contributed by atoms with Gasteiger partial charge in [-0.2, -0.15) is 0 Å². The zero-order valence-corrected chi connectivity index (χ0v) is 8.14. The van der Waals surface area contributed by atoms with Gasteiger partial charge in [-0.05, 0) is 29.0 Å². The van der Waals surface area contributed by atoms with E-state index in [1.165, 1.54) is 10.8 Å². The maximum atomic E-state index is 5.66. The highest BCUT2D eigenvalue weighted by molar-refractivity contribution is 6.06. The molecular formula is C13H10N2. The first-order valence-corrected chi connectivity index (χ1v) is 4.88. The third-order valence-corrected chi connectivity index (χ3v) is 2.62. The molecule has 0 fully saturated rings. The first-order valence-electron chi connectivity index (χ1n) is 4.88. The van der Waals surface area contributed by atoms with Crippen LogP contribution in [0.15, 0.2) is 48.5 Å². The number of nitrogens with two attached hydrogens (primary N) is 1. The van der Waals surface area contributed by atoms with Crippen molar-refractivity contribution in [3.8, 4) is 0 Å². The second-order valence-electron chi connectivity index (χ2n) is 3.59. The summed E-state index contributed by atoms with van der Waals surface area (Å²) in [6, 6.07) is 16.2. The summed E-state index contributed by atoms with van der Waals surface area (Å²) in [6.45, 7) is 0. The highest BCUT2D eigenvalue weighted by Crippen LogP contribution is 2.24. The lowest BCUT2D eigenvalue weighted by Crippen LogP contribution is -1.89. The van der Waals surface area contributed by atoms with Crippen molar-refractivity contribution in [2.75, 3.05) is 5.73 Å². The second-order valence-corrected chi connectivity index (χ2v) is 3.59. The monoisotopic (exact) mass is 194 g/mol. The van der Waals surface area contributed by atoms with Gasteiger partial charge in [-0.15, -0.1) is 0 Å². The number of aromatic nitrogens is 1. The lowest BCUT2D eigenvalue weighted by molar-refractivity contribution is 1.42. The number of nitrogens with zero attached hydrogens (tertiary/aromatic N) is 1. The van der Waals surface area contributed by atoms with Crippen LogP contribution in [0.25, 0.3) is 21.7 Å². The molecule has 0 bridgehead atoms. The molecular weight excluding hydrogens is 184 g/mol. The number of benzene rings is 2. The highest BCUT2D eigenvalue weighted by Gasteiger charge is 2.00. The summed E-state index contributed by atoms with van der Waals surface area (Å²) in [6.07, 6.45) is 0. The molecule has 0 aliphatic carbocycles. The summed E-state index contributed by atoms with van der Waals surface area (Å²) in [7, 11) is 0. The van der Waals surface area contributed by atoms with Crippen molar-refractivity contribution in [2.45, 2.75) is 0 Å². The predicted octanol–water partition coefficient (Wildman–Crippen LogP) is 2.97. The van der Waals surface area contributed by atoms with Crippen molar-refractivity contribution >= 4 is 27.5 Å². The van der Waals surface area contributed by atoms with E-state index >= 15 is 0 Å². The molecule has 0 saturated carbocycles. The zero-order valence-electron chi connectivity index (χ0n) is 8.14. The van der Waals surface area contributed by atoms with Crippen LogP contribution in [0, 0.1) is 0 Å². The van der Waals surface area contributed by atoms with Gasteiger partial charge in [-0.3, -0.25) is 0 Å². The molecule has 2 N–H and O–H groups in total. The van der Waals surface area contributed by atoms with Crippen LogP contribution in [0.2, 0.25) is 0 Å². The Hall–Kier alpha value is -2.09. The van der Waals surface area contributed by atoms with Gasteiger partial charge in [0.05, 0.1) is 5.52 Å². The van der Waals surface area contributed by atoms with Crippen LogP contribution in [0.1, 0.15) is 0 Å². The normalized spacial score (nSPS) is 10.9. The fourth-order valence-corrected chi connectivity index (χ4v) is 1.90. The summed E-state index contributed by atoms with van der Waals surface area (Å²) in [4.78, 5) is 4.30. The third-order valence-electron chi connectivity index (χ3n) is 2.62. The Morgan fingerprint density at radius 1 is 0.800 bits per heavy atom. The summed E-state index contributed by atoms with van der Waals surface area (Å²) < 4.78 is 0. The van der Waals surface area contributed by atoms with E-state index in [9.17, 15) is 0 Å². The zero-order chi connectivity index (χ0) is 10.3. The second kappa shape index (κ2) is 2.95. The van der Waals surface area contributed by atoms with Gasteiger partial charge in [0.1, 0.15) is 5.82 Å². The predicted molar refractivity (Wildman–Crippen MR) is 63.7 cm³/mol. The highest BCUT2D eigenvalue weighted by atomic mass is 14.8. The molecule has 2 aromatic carbocycles. The van der Waals surface area contributed by atoms with Gasteiger partial charge in [0.15, 0.2) is 0 Å². The fourth-order valence-electron chi connectivity index (χ4n) is 1.90. The first-order chi connectivity index (χ1) is 7.34. The largest absolute Gasteiger partial charge is 0.384 e. The molecule has 1 aromatic heterocycles. The molecule has 3 rings (SSSR count). The molecule has 0 amide bonds. The minimum Gasteiger partial charge on any atom is -0.384 e. The minimum atomic E-state index is 0.567. The molecule has 3 aromatic rings. The maximum Gasteiger partial charge on any atom is 0.124 e. The molecule has 0 aliphatic heterocycles. The molecule has 0 spiro atoms. The number of rotatable bonds is 0. The number of anilines is 1. The Morgan fingerprint density at radius 2 is 1.67 bits per heavy atom. The van der Waals surface area contributed by atoms with Crippen LogP contribution < -0.4 is 5.73 Å².